The molecule has 0 spiro atoms. The van der Waals surface area contributed by atoms with Crippen LogP contribution in [-0.4, -0.2) is 18.8 Å². The van der Waals surface area contributed by atoms with E-state index in [0.717, 1.165) is 18.6 Å². The van der Waals surface area contributed by atoms with Crippen LogP contribution in [0.15, 0.2) is 18.2 Å². The van der Waals surface area contributed by atoms with Crippen LogP contribution in [0.3, 0.4) is 0 Å². The number of benzene rings is 1. The summed E-state index contributed by atoms with van der Waals surface area (Å²) in [6.07, 6.45) is 1.47. The van der Waals surface area contributed by atoms with Crippen molar-refractivity contribution in [2.75, 3.05) is 7.11 Å². The first-order valence-corrected chi connectivity index (χ1v) is 6.80. The molecule has 1 aliphatic rings. The Morgan fingerprint density at radius 2 is 2.10 bits per heavy atom. The Bertz CT molecular complexity index is 494. The van der Waals surface area contributed by atoms with Gasteiger partial charge in [-0.3, -0.25) is 5.43 Å². The van der Waals surface area contributed by atoms with E-state index in [9.17, 15) is 4.79 Å². The Kier molecular flexibility index (Phi) is 4.18. The molecule has 0 saturated carbocycles. The van der Waals surface area contributed by atoms with Gasteiger partial charge in [-0.1, -0.05) is 6.07 Å². The molecule has 1 aromatic carbocycles. The van der Waals surface area contributed by atoms with Crippen LogP contribution < -0.4 is 15.6 Å². The van der Waals surface area contributed by atoms with Crippen LogP contribution in [0.5, 0.6) is 5.75 Å². The summed E-state index contributed by atoms with van der Waals surface area (Å²) in [7, 11) is 1.65. The van der Waals surface area contributed by atoms with Gasteiger partial charge in [-0.25, -0.2) is 10.2 Å². The fourth-order valence-electron chi connectivity index (χ4n) is 2.31. The van der Waals surface area contributed by atoms with Crippen molar-refractivity contribution in [2.24, 2.45) is 0 Å². The summed E-state index contributed by atoms with van der Waals surface area (Å²) in [4.78, 5) is 11.6. The Morgan fingerprint density at radius 1 is 1.35 bits per heavy atom. The first-order valence-electron chi connectivity index (χ1n) is 6.80. The number of hydrazine groups is 1. The number of aryl methyl sites for hydroxylation is 1. The van der Waals surface area contributed by atoms with Crippen molar-refractivity contribution in [1.82, 2.24) is 10.9 Å². The maximum Gasteiger partial charge on any atom is 0.422 e. The molecule has 0 aliphatic heterocycles. The molecule has 1 aliphatic carbocycles. The first-order chi connectivity index (χ1) is 9.39. The Balaban J connectivity index is 1.95. The predicted octanol–water partition coefficient (Wildman–Crippen LogP) is 2.71. The van der Waals surface area contributed by atoms with Crippen LogP contribution in [0.2, 0.25) is 0 Å². The third-order valence-corrected chi connectivity index (χ3v) is 3.18. The maximum absolute atomic E-state index is 11.6. The zero-order valence-corrected chi connectivity index (χ0v) is 12.4. The zero-order chi connectivity index (χ0) is 14.8. The van der Waals surface area contributed by atoms with E-state index in [1.807, 2.05) is 32.9 Å². The summed E-state index contributed by atoms with van der Waals surface area (Å²) < 4.78 is 10.4. The molecule has 1 amide bonds. The van der Waals surface area contributed by atoms with Crippen molar-refractivity contribution >= 4 is 6.09 Å². The number of ether oxygens (including phenoxy) is 2. The summed E-state index contributed by atoms with van der Waals surface area (Å²) in [5.74, 6) is 0.828. The van der Waals surface area contributed by atoms with Crippen LogP contribution in [0.4, 0.5) is 4.79 Å². The van der Waals surface area contributed by atoms with Crippen LogP contribution in [0.1, 0.15) is 44.4 Å². The average molecular weight is 278 g/mol. The summed E-state index contributed by atoms with van der Waals surface area (Å²) in [5, 5.41) is 0. The lowest BCUT2D eigenvalue weighted by Gasteiger charge is -2.21. The number of methoxy groups -OCH3 is 1. The van der Waals surface area contributed by atoms with Crippen molar-refractivity contribution in [3.63, 3.8) is 0 Å². The Labute approximate surface area is 119 Å². The minimum Gasteiger partial charge on any atom is -0.497 e. The van der Waals surface area contributed by atoms with E-state index < -0.39 is 11.7 Å². The quantitative estimate of drug-likeness (QED) is 0.835. The highest BCUT2D eigenvalue weighted by Gasteiger charge is 2.24. The number of carbonyl (C=O) groups excluding carboxylic acids is 1. The van der Waals surface area contributed by atoms with Gasteiger partial charge in [0.15, 0.2) is 0 Å². The minimum atomic E-state index is -0.497. The van der Waals surface area contributed by atoms with Gasteiger partial charge in [-0.2, -0.15) is 0 Å². The number of carbonyl (C=O) groups is 1. The molecule has 0 radical (unpaired) electrons. The van der Waals surface area contributed by atoms with Gasteiger partial charge in [0, 0.05) is 0 Å². The molecule has 1 aromatic rings. The number of hydrogen-bond acceptors (Lipinski definition) is 4. The number of amides is 1. The molecule has 5 nitrogen and oxygen atoms in total. The summed E-state index contributed by atoms with van der Waals surface area (Å²) >= 11 is 0. The molecule has 0 fully saturated rings. The van der Waals surface area contributed by atoms with E-state index >= 15 is 0 Å². The molecule has 2 rings (SSSR count). The van der Waals surface area contributed by atoms with E-state index in [1.165, 1.54) is 11.1 Å². The third-order valence-electron chi connectivity index (χ3n) is 3.18. The lowest BCUT2D eigenvalue weighted by Crippen LogP contribution is -2.42. The topological polar surface area (TPSA) is 59.6 Å². The second-order valence-corrected chi connectivity index (χ2v) is 5.93. The van der Waals surface area contributed by atoms with Crippen molar-refractivity contribution < 1.29 is 14.3 Å². The molecule has 2 N–H and O–H groups in total. The molecule has 0 bridgehead atoms. The molecule has 0 aromatic heterocycles. The van der Waals surface area contributed by atoms with E-state index in [2.05, 4.69) is 16.9 Å². The maximum atomic E-state index is 11.6. The lowest BCUT2D eigenvalue weighted by molar-refractivity contribution is 0.0487. The van der Waals surface area contributed by atoms with Crippen molar-refractivity contribution in [3.05, 3.63) is 29.3 Å². The van der Waals surface area contributed by atoms with Gasteiger partial charge in [-0.05, 0) is 56.9 Å². The van der Waals surface area contributed by atoms with Gasteiger partial charge >= 0.3 is 6.09 Å². The van der Waals surface area contributed by atoms with E-state index in [-0.39, 0.29) is 6.04 Å². The summed E-state index contributed by atoms with van der Waals surface area (Å²) in [6.45, 7) is 5.51. The molecule has 0 saturated heterocycles. The van der Waals surface area contributed by atoms with E-state index in [4.69, 9.17) is 9.47 Å². The highest BCUT2D eigenvalue weighted by molar-refractivity contribution is 5.67. The molecule has 20 heavy (non-hydrogen) atoms. The number of hydrogen-bond donors (Lipinski definition) is 2. The molecule has 1 atom stereocenters. The van der Waals surface area contributed by atoms with Crippen molar-refractivity contribution in [2.45, 2.75) is 45.3 Å². The van der Waals surface area contributed by atoms with Crippen LogP contribution >= 0.6 is 0 Å². The molecular formula is C15H22N2O3. The monoisotopic (exact) mass is 278 g/mol. The predicted molar refractivity (Wildman–Crippen MR) is 76.6 cm³/mol. The largest absolute Gasteiger partial charge is 0.497 e. The Morgan fingerprint density at radius 3 is 2.75 bits per heavy atom. The van der Waals surface area contributed by atoms with Crippen LogP contribution in [-0.2, 0) is 11.2 Å². The van der Waals surface area contributed by atoms with Gasteiger partial charge in [-0.15, -0.1) is 0 Å². The Hall–Kier alpha value is -1.75. The molecule has 0 heterocycles. The summed E-state index contributed by atoms with van der Waals surface area (Å²) in [5.41, 5.74) is 7.59. The van der Waals surface area contributed by atoms with E-state index in [0.29, 0.717) is 0 Å². The van der Waals surface area contributed by atoms with Gasteiger partial charge in [0.1, 0.15) is 11.4 Å². The highest BCUT2D eigenvalue weighted by atomic mass is 16.6. The second kappa shape index (κ2) is 5.71. The normalized spacial score (nSPS) is 17.5. The number of rotatable bonds is 3. The van der Waals surface area contributed by atoms with Crippen LogP contribution in [0, 0.1) is 0 Å². The zero-order valence-electron chi connectivity index (χ0n) is 12.4. The van der Waals surface area contributed by atoms with Gasteiger partial charge in [0.05, 0.1) is 13.2 Å². The van der Waals surface area contributed by atoms with Crippen molar-refractivity contribution in [1.29, 1.82) is 0 Å². The SMILES string of the molecule is COc1ccc2c(c1)C(NNC(=O)OC(C)(C)C)CC2. The third kappa shape index (κ3) is 3.63. The van der Waals surface area contributed by atoms with Crippen molar-refractivity contribution in [3.8, 4) is 5.75 Å². The fraction of sp³-hybridized carbons (Fsp3) is 0.533. The van der Waals surface area contributed by atoms with Gasteiger partial charge in [0.2, 0.25) is 0 Å². The smallest absolute Gasteiger partial charge is 0.422 e. The summed E-state index contributed by atoms with van der Waals surface area (Å²) in [6, 6.07) is 6.13. The minimum absolute atomic E-state index is 0.0904. The molecule has 1 unspecified atom stereocenters. The highest BCUT2D eigenvalue weighted by Crippen LogP contribution is 2.33. The lowest BCUT2D eigenvalue weighted by atomic mass is 10.1. The molecular weight excluding hydrogens is 256 g/mol. The number of nitrogens with one attached hydrogen (secondary N) is 2. The molecule has 110 valence electrons. The van der Waals surface area contributed by atoms with Crippen LogP contribution in [0.25, 0.3) is 0 Å². The first kappa shape index (κ1) is 14.7. The molecule has 5 heteroatoms. The second-order valence-electron chi connectivity index (χ2n) is 5.93. The standard InChI is InChI=1S/C15H22N2O3/c1-15(2,3)20-14(18)17-16-13-8-6-10-5-7-11(19-4)9-12(10)13/h5,7,9,13,16H,6,8H2,1-4H3,(H,17,18). The van der Waals surface area contributed by atoms with Gasteiger partial charge in [0.25, 0.3) is 0 Å². The van der Waals surface area contributed by atoms with Gasteiger partial charge < -0.3 is 9.47 Å². The van der Waals surface area contributed by atoms with E-state index in [1.54, 1.807) is 7.11 Å². The fourth-order valence-corrected chi connectivity index (χ4v) is 2.31. The average Bonchev–Trinajstić information content (AvgIpc) is 2.76. The number of fused-ring (bicyclic) bond motifs is 1.